The largest absolute Gasteiger partial charge is 0.342 e. The second kappa shape index (κ2) is 7.78. The van der Waals surface area contributed by atoms with Crippen molar-refractivity contribution in [3.8, 4) is 0 Å². The molecular formula is C21H20N6O3. The van der Waals surface area contributed by atoms with Gasteiger partial charge in [0.1, 0.15) is 6.54 Å². The smallest absolute Gasteiger partial charge is 0.332 e. The number of aryl methyl sites for hydroxylation is 2. The van der Waals surface area contributed by atoms with Crippen LogP contribution in [0.5, 0.6) is 0 Å². The summed E-state index contributed by atoms with van der Waals surface area (Å²) in [7, 11) is 3.18. The molecule has 9 nitrogen and oxygen atoms in total. The van der Waals surface area contributed by atoms with Gasteiger partial charge in [0.15, 0.2) is 11.2 Å². The molecular weight excluding hydrogens is 384 g/mol. The van der Waals surface area contributed by atoms with Crippen LogP contribution in [0.15, 0.2) is 70.6 Å². The molecule has 0 spiro atoms. The van der Waals surface area contributed by atoms with Crippen LogP contribution in [0.25, 0.3) is 11.2 Å². The van der Waals surface area contributed by atoms with Gasteiger partial charge < -0.3 is 9.88 Å². The van der Waals surface area contributed by atoms with Crippen LogP contribution < -0.4 is 16.6 Å². The second-order valence-electron chi connectivity index (χ2n) is 6.93. The van der Waals surface area contributed by atoms with Gasteiger partial charge in [-0.1, -0.05) is 36.4 Å². The molecule has 0 saturated carbocycles. The van der Waals surface area contributed by atoms with Gasteiger partial charge in [0, 0.05) is 20.3 Å². The van der Waals surface area contributed by atoms with E-state index in [0.29, 0.717) is 5.69 Å². The fraction of sp³-hybridized carbons (Fsp3) is 0.190. The molecule has 0 bridgehead atoms. The van der Waals surface area contributed by atoms with Gasteiger partial charge in [-0.25, -0.2) is 14.3 Å². The Morgan fingerprint density at radius 3 is 2.47 bits per heavy atom. The molecule has 1 unspecified atom stereocenters. The summed E-state index contributed by atoms with van der Waals surface area (Å²) in [5.74, 6) is -0.477. The maximum absolute atomic E-state index is 12.9. The Labute approximate surface area is 171 Å². The molecule has 0 saturated heterocycles. The summed E-state index contributed by atoms with van der Waals surface area (Å²) in [6.07, 6.45) is 3.11. The number of amides is 1. The lowest BCUT2D eigenvalue weighted by atomic mass is 10.0. The van der Waals surface area contributed by atoms with E-state index >= 15 is 0 Å². The van der Waals surface area contributed by atoms with Crippen molar-refractivity contribution in [3.63, 3.8) is 0 Å². The summed E-state index contributed by atoms with van der Waals surface area (Å²) in [6.45, 7) is -0.414. The standard InChI is InChI=1S/C21H20N6O3/c1-25-13-23-19-18(25)20(29)27(21(30)26(19)2)12-16(28)24-17(14-8-4-3-5-9-14)15-10-6-7-11-22-15/h3-11,13,17H,12H2,1-2H3,(H,24,28). The average Bonchev–Trinajstić information content (AvgIpc) is 3.16. The molecule has 4 aromatic rings. The molecule has 0 radical (unpaired) electrons. The highest BCUT2D eigenvalue weighted by Gasteiger charge is 2.21. The Morgan fingerprint density at radius 2 is 1.77 bits per heavy atom. The second-order valence-corrected chi connectivity index (χ2v) is 6.93. The third-order valence-electron chi connectivity index (χ3n) is 4.92. The van der Waals surface area contributed by atoms with Crippen LogP contribution >= 0.6 is 0 Å². The van der Waals surface area contributed by atoms with Crippen molar-refractivity contribution in [1.29, 1.82) is 0 Å². The van der Waals surface area contributed by atoms with Gasteiger partial charge in [-0.2, -0.15) is 0 Å². The minimum Gasteiger partial charge on any atom is -0.342 e. The zero-order chi connectivity index (χ0) is 21.3. The highest BCUT2D eigenvalue weighted by atomic mass is 16.2. The predicted molar refractivity (Wildman–Crippen MR) is 111 cm³/mol. The summed E-state index contributed by atoms with van der Waals surface area (Å²) in [6, 6.07) is 14.3. The van der Waals surface area contributed by atoms with Gasteiger partial charge in [0.25, 0.3) is 5.56 Å². The summed E-state index contributed by atoms with van der Waals surface area (Å²) in [5.41, 5.74) is 0.869. The Bertz CT molecular complexity index is 1280. The predicted octanol–water partition coefficient (Wildman–Crippen LogP) is 0.734. The van der Waals surface area contributed by atoms with E-state index in [1.807, 2.05) is 42.5 Å². The highest BCUT2D eigenvalue weighted by molar-refractivity contribution is 5.77. The number of imidazole rings is 1. The third kappa shape index (κ3) is 3.41. The highest BCUT2D eigenvalue weighted by Crippen LogP contribution is 2.19. The zero-order valence-corrected chi connectivity index (χ0v) is 16.5. The molecule has 1 aromatic carbocycles. The van der Waals surface area contributed by atoms with Crippen LogP contribution in [0.1, 0.15) is 17.3 Å². The number of nitrogens with zero attached hydrogens (tertiary/aromatic N) is 5. The van der Waals surface area contributed by atoms with E-state index in [1.54, 1.807) is 19.3 Å². The van der Waals surface area contributed by atoms with Gasteiger partial charge in [-0.15, -0.1) is 0 Å². The van der Waals surface area contributed by atoms with Gasteiger partial charge in [-0.3, -0.25) is 19.1 Å². The SMILES string of the molecule is Cn1cnc2c1c(=O)n(CC(=O)NC(c1ccccc1)c1ccccn1)c(=O)n2C. The van der Waals surface area contributed by atoms with E-state index in [0.717, 1.165) is 10.1 Å². The van der Waals surface area contributed by atoms with Crippen molar-refractivity contribution in [3.05, 3.63) is 93.2 Å². The number of pyridine rings is 1. The lowest BCUT2D eigenvalue weighted by Crippen LogP contribution is -2.44. The van der Waals surface area contributed by atoms with Gasteiger partial charge >= 0.3 is 5.69 Å². The normalized spacial score (nSPS) is 12.1. The first kappa shape index (κ1) is 19.3. The van der Waals surface area contributed by atoms with Crippen LogP contribution in [-0.4, -0.2) is 29.6 Å². The van der Waals surface area contributed by atoms with E-state index in [4.69, 9.17) is 0 Å². The Morgan fingerprint density at radius 1 is 1.03 bits per heavy atom. The topological polar surface area (TPSA) is 104 Å². The maximum Gasteiger partial charge on any atom is 0.332 e. The van der Waals surface area contributed by atoms with Crippen molar-refractivity contribution < 1.29 is 4.79 Å². The summed E-state index contributed by atoms with van der Waals surface area (Å²) in [4.78, 5) is 46.8. The van der Waals surface area contributed by atoms with Gasteiger partial charge in [0.2, 0.25) is 5.91 Å². The van der Waals surface area contributed by atoms with Crippen LogP contribution in [-0.2, 0) is 25.4 Å². The number of carbonyl (C=O) groups excluding carboxylic acids is 1. The molecule has 4 rings (SSSR count). The monoisotopic (exact) mass is 404 g/mol. The summed E-state index contributed by atoms with van der Waals surface area (Å²) in [5, 5.41) is 2.90. The first-order valence-corrected chi connectivity index (χ1v) is 9.33. The van der Waals surface area contributed by atoms with Crippen LogP contribution in [0, 0.1) is 0 Å². The molecule has 9 heteroatoms. The summed E-state index contributed by atoms with van der Waals surface area (Å²) < 4.78 is 3.71. The number of hydrogen-bond donors (Lipinski definition) is 1. The molecule has 3 aromatic heterocycles. The number of carbonyl (C=O) groups is 1. The third-order valence-corrected chi connectivity index (χ3v) is 4.92. The van der Waals surface area contributed by atoms with E-state index in [-0.39, 0.29) is 11.2 Å². The van der Waals surface area contributed by atoms with Crippen molar-refractivity contribution in [2.75, 3.05) is 0 Å². The number of rotatable bonds is 5. The average molecular weight is 404 g/mol. The lowest BCUT2D eigenvalue weighted by Gasteiger charge is -2.19. The van der Waals surface area contributed by atoms with Gasteiger partial charge in [0.05, 0.1) is 18.1 Å². The van der Waals surface area contributed by atoms with Crippen molar-refractivity contribution in [2.24, 2.45) is 14.1 Å². The number of aromatic nitrogens is 5. The van der Waals surface area contributed by atoms with E-state index in [1.165, 1.54) is 22.5 Å². The molecule has 0 fully saturated rings. The molecule has 0 aliphatic heterocycles. The first-order valence-electron chi connectivity index (χ1n) is 9.33. The molecule has 0 aliphatic rings. The van der Waals surface area contributed by atoms with Gasteiger partial charge in [-0.05, 0) is 17.7 Å². The minimum absolute atomic E-state index is 0.259. The zero-order valence-electron chi connectivity index (χ0n) is 16.5. The molecule has 1 atom stereocenters. The van der Waals surface area contributed by atoms with Crippen LogP contribution in [0.3, 0.4) is 0 Å². The Kier molecular flexibility index (Phi) is 5.01. The summed E-state index contributed by atoms with van der Waals surface area (Å²) >= 11 is 0. The van der Waals surface area contributed by atoms with E-state index in [2.05, 4.69) is 15.3 Å². The molecule has 3 heterocycles. The Hall–Kier alpha value is -4.01. The molecule has 0 aliphatic carbocycles. The quantitative estimate of drug-likeness (QED) is 0.528. The molecule has 152 valence electrons. The molecule has 30 heavy (non-hydrogen) atoms. The first-order chi connectivity index (χ1) is 14.5. The fourth-order valence-electron chi connectivity index (χ4n) is 3.41. The number of fused-ring (bicyclic) bond motifs is 1. The number of benzene rings is 1. The molecule has 1 N–H and O–H groups in total. The fourth-order valence-corrected chi connectivity index (χ4v) is 3.41. The van der Waals surface area contributed by atoms with Crippen molar-refractivity contribution in [2.45, 2.75) is 12.6 Å². The van der Waals surface area contributed by atoms with Crippen LogP contribution in [0.2, 0.25) is 0 Å². The number of hydrogen-bond acceptors (Lipinski definition) is 5. The molecule has 1 amide bonds. The van der Waals surface area contributed by atoms with Crippen molar-refractivity contribution in [1.82, 2.24) is 29.0 Å². The lowest BCUT2D eigenvalue weighted by molar-refractivity contribution is -0.122. The maximum atomic E-state index is 12.9. The van der Waals surface area contributed by atoms with E-state index in [9.17, 15) is 14.4 Å². The number of nitrogens with one attached hydrogen (secondary N) is 1. The van der Waals surface area contributed by atoms with Crippen LogP contribution in [0.4, 0.5) is 0 Å². The van der Waals surface area contributed by atoms with E-state index < -0.39 is 29.7 Å². The van der Waals surface area contributed by atoms with Crippen molar-refractivity contribution >= 4 is 17.1 Å². The minimum atomic E-state index is -0.601. The Balaban J connectivity index is 1.69.